The number of anilines is 1. The molecule has 0 atom stereocenters. The highest BCUT2D eigenvalue weighted by molar-refractivity contribution is 5.87. The smallest absolute Gasteiger partial charge is 0.287 e. The molecule has 0 spiro atoms. The van der Waals surface area contributed by atoms with Crippen LogP contribution >= 0.6 is 0 Å². The summed E-state index contributed by atoms with van der Waals surface area (Å²) in [6.07, 6.45) is 9.60. The number of nitrogens with one attached hydrogen (secondary N) is 1. The molecule has 6 nitrogen and oxygen atoms in total. The van der Waals surface area contributed by atoms with Gasteiger partial charge < -0.3 is 10.2 Å². The zero-order chi connectivity index (χ0) is 18.5. The van der Waals surface area contributed by atoms with E-state index in [1.165, 1.54) is 43.2 Å². The van der Waals surface area contributed by atoms with Crippen molar-refractivity contribution in [2.45, 2.75) is 38.7 Å². The van der Waals surface area contributed by atoms with Crippen molar-refractivity contribution < 1.29 is 4.84 Å². The topological polar surface area (TPSA) is 69.0 Å². The Bertz CT molecular complexity index is 949. The third-order valence-corrected chi connectivity index (χ3v) is 5.15. The van der Waals surface area contributed by atoms with Gasteiger partial charge in [-0.05, 0) is 24.3 Å². The van der Waals surface area contributed by atoms with Gasteiger partial charge in [0.1, 0.15) is 12.9 Å². The maximum atomic E-state index is 12.7. The molecule has 0 aliphatic heterocycles. The molecular weight excluding hydrogens is 340 g/mol. The number of rotatable bonds is 6. The molecule has 1 aliphatic rings. The second-order valence-corrected chi connectivity index (χ2v) is 7.09. The lowest BCUT2D eigenvalue weighted by molar-refractivity contribution is 0.0980. The van der Waals surface area contributed by atoms with Crippen LogP contribution in [0.25, 0.3) is 11.0 Å². The molecule has 0 amide bonds. The van der Waals surface area contributed by atoms with E-state index in [1.54, 1.807) is 12.3 Å². The number of aromatic nitrogens is 3. The van der Waals surface area contributed by atoms with Crippen LogP contribution in [0, 0.1) is 5.92 Å². The Balaban J connectivity index is 1.58. The van der Waals surface area contributed by atoms with Crippen LogP contribution in [0.5, 0.6) is 0 Å². The number of hydrogen-bond acceptors (Lipinski definition) is 5. The van der Waals surface area contributed by atoms with E-state index < -0.39 is 0 Å². The molecule has 2 aromatic heterocycles. The van der Waals surface area contributed by atoms with Gasteiger partial charge in [-0.1, -0.05) is 49.6 Å². The van der Waals surface area contributed by atoms with Crippen molar-refractivity contribution in [1.82, 2.24) is 14.7 Å². The summed E-state index contributed by atoms with van der Waals surface area (Å²) in [5.74, 6) is 0.662. The van der Waals surface area contributed by atoms with Crippen molar-refractivity contribution in [3.63, 3.8) is 0 Å². The third-order valence-electron chi connectivity index (χ3n) is 5.15. The molecule has 27 heavy (non-hydrogen) atoms. The molecule has 3 aromatic rings. The van der Waals surface area contributed by atoms with Gasteiger partial charge in [0.2, 0.25) is 0 Å². The summed E-state index contributed by atoms with van der Waals surface area (Å²) in [7, 11) is 0. The van der Waals surface area contributed by atoms with Gasteiger partial charge in [-0.25, -0.2) is 9.97 Å². The van der Waals surface area contributed by atoms with Crippen molar-refractivity contribution in [3.05, 3.63) is 64.8 Å². The van der Waals surface area contributed by atoms with Crippen molar-refractivity contribution in [2.24, 2.45) is 5.92 Å². The lowest BCUT2D eigenvalue weighted by atomic mass is 9.89. The number of benzene rings is 1. The molecule has 1 N–H and O–H groups in total. The highest BCUT2D eigenvalue weighted by atomic mass is 16.7. The van der Waals surface area contributed by atoms with Gasteiger partial charge in [-0.15, -0.1) is 4.73 Å². The van der Waals surface area contributed by atoms with E-state index in [0.717, 1.165) is 23.2 Å². The summed E-state index contributed by atoms with van der Waals surface area (Å²) < 4.78 is 1.26. The van der Waals surface area contributed by atoms with Gasteiger partial charge >= 0.3 is 0 Å². The molecule has 1 aliphatic carbocycles. The molecule has 1 saturated carbocycles. The Morgan fingerprint density at radius 2 is 1.96 bits per heavy atom. The van der Waals surface area contributed by atoms with Gasteiger partial charge in [0.15, 0.2) is 5.65 Å². The molecule has 140 valence electrons. The van der Waals surface area contributed by atoms with Crippen LogP contribution in [0.2, 0.25) is 0 Å². The number of fused-ring (bicyclic) bond motifs is 1. The zero-order valence-corrected chi connectivity index (χ0v) is 15.3. The molecule has 6 heteroatoms. The fourth-order valence-corrected chi connectivity index (χ4v) is 3.67. The Kier molecular flexibility index (Phi) is 5.32. The van der Waals surface area contributed by atoms with Gasteiger partial charge in [0.25, 0.3) is 5.56 Å². The van der Waals surface area contributed by atoms with Crippen LogP contribution in [0.3, 0.4) is 0 Å². The van der Waals surface area contributed by atoms with Crippen LogP contribution < -0.4 is 15.7 Å². The normalized spacial score (nSPS) is 15.0. The van der Waals surface area contributed by atoms with Gasteiger partial charge in [-0.2, -0.15) is 0 Å². The molecule has 0 unspecified atom stereocenters. The summed E-state index contributed by atoms with van der Waals surface area (Å²) in [4.78, 5) is 26.9. The Morgan fingerprint density at radius 3 is 2.78 bits per heavy atom. The van der Waals surface area contributed by atoms with E-state index in [0.29, 0.717) is 18.2 Å². The minimum Gasteiger partial charge on any atom is -0.404 e. The van der Waals surface area contributed by atoms with E-state index in [2.05, 4.69) is 15.3 Å². The Hall–Kier alpha value is -2.89. The quantitative estimate of drug-likeness (QED) is 0.726. The van der Waals surface area contributed by atoms with Crippen LogP contribution in [0.15, 0.2) is 53.7 Å². The summed E-state index contributed by atoms with van der Waals surface area (Å²) in [5.41, 5.74) is 2.02. The van der Waals surface area contributed by atoms with E-state index in [-0.39, 0.29) is 5.56 Å². The van der Waals surface area contributed by atoms with E-state index in [9.17, 15) is 4.79 Å². The van der Waals surface area contributed by atoms with Gasteiger partial charge in [0.05, 0.1) is 11.1 Å². The van der Waals surface area contributed by atoms with Crippen LogP contribution in [-0.4, -0.2) is 21.2 Å². The third kappa shape index (κ3) is 4.10. The lowest BCUT2D eigenvalue weighted by Crippen LogP contribution is -2.28. The Labute approximate surface area is 158 Å². The number of hydrogen-bond donors (Lipinski definition) is 1. The standard InChI is InChI=1S/C21H24N4O2/c26-20-11-19(23-12-16-7-3-1-4-8-16)18-13-22-15-24-21(18)25(20)27-14-17-9-5-2-6-10-17/h2,5-6,9-11,13,15-16,23H,1,3-4,7-8,12,14H2. The molecule has 1 aromatic carbocycles. The Morgan fingerprint density at radius 1 is 1.15 bits per heavy atom. The molecule has 0 bridgehead atoms. The van der Waals surface area contributed by atoms with Crippen molar-refractivity contribution >= 4 is 16.7 Å². The van der Waals surface area contributed by atoms with Crippen LogP contribution in [0.1, 0.15) is 37.7 Å². The maximum Gasteiger partial charge on any atom is 0.287 e. The molecule has 1 fully saturated rings. The molecule has 4 rings (SSSR count). The van der Waals surface area contributed by atoms with E-state index in [4.69, 9.17) is 4.84 Å². The fourth-order valence-electron chi connectivity index (χ4n) is 3.67. The van der Waals surface area contributed by atoms with E-state index >= 15 is 0 Å². The first-order valence-electron chi connectivity index (χ1n) is 9.58. The minimum absolute atomic E-state index is 0.233. The van der Waals surface area contributed by atoms with E-state index in [1.807, 2.05) is 30.3 Å². The lowest BCUT2D eigenvalue weighted by Gasteiger charge is -2.22. The molecule has 2 heterocycles. The zero-order valence-electron chi connectivity index (χ0n) is 15.3. The average molecular weight is 364 g/mol. The van der Waals surface area contributed by atoms with Crippen molar-refractivity contribution in [1.29, 1.82) is 0 Å². The average Bonchev–Trinajstić information content (AvgIpc) is 2.73. The first-order chi connectivity index (χ1) is 13.3. The number of nitrogens with zero attached hydrogens (tertiary/aromatic N) is 3. The largest absolute Gasteiger partial charge is 0.404 e. The molecule has 0 radical (unpaired) electrons. The number of pyridine rings is 1. The second-order valence-electron chi connectivity index (χ2n) is 7.09. The summed E-state index contributed by atoms with van der Waals surface area (Å²) in [6, 6.07) is 11.3. The minimum atomic E-state index is -0.233. The fraction of sp³-hybridized carbons (Fsp3) is 0.381. The van der Waals surface area contributed by atoms with Crippen molar-refractivity contribution in [3.8, 4) is 0 Å². The van der Waals surface area contributed by atoms with Gasteiger partial charge in [-0.3, -0.25) is 4.79 Å². The SMILES string of the molecule is O=c1cc(NCC2CCCCC2)c2cncnc2n1OCc1ccccc1. The summed E-state index contributed by atoms with van der Waals surface area (Å²) in [6.45, 7) is 1.17. The first-order valence-corrected chi connectivity index (χ1v) is 9.58. The first kappa shape index (κ1) is 17.5. The highest BCUT2D eigenvalue weighted by Crippen LogP contribution is 2.25. The highest BCUT2D eigenvalue weighted by Gasteiger charge is 2.15. The summed E-state index contributed by atoms with van der Waals surface area (Å²) >= 11 is 0. The second kappa shape index (κ2) is 8.20. The predicted molar refractivity (Wildman–Crippen MR) is 106 cm³/mol. The van der Waals surface area contributed by atoms with Crippen LogP contribution in [0.4, 0.5) is 5.69 Å². The van der Waals surface area contributed by atoms with Crippen molar-refractivity contribution in [2.75, 3.05) is 11.9 Å². The van der Waals surface area contributed by atoms with Gasteiger partial charge in [0, 0.05) is 18.8 Å². The predicted octanol–water partition coefficient (Wildman–Crippen LogP) is 3.41. The molecular formula is C21H24N4O2. The molecule has 0 saturated heterocycles. The summed E-state index contributed by atoms with van der Waals surface area (Å²) in [5, 5.41) is 4.24. The monoisotopic (exact) mass is 364 g/mol. The van der Waals surface area contributed by atoms with Crippen LogP contribution in [-0.2, 0) is 6.61 Å². The maximum absolute atomic E-state index is 12.7.